The van der Waals surface area contributed by atoms with Gasteiger partial charge in [0.1, 0.15) is 6.54 Å². The van der Waals surface area contributed by atoms with Gasteiger partial charge in [0, 0.05) is 4.47 Å². The molecule has 0 spiro atoms. The lowest BCUT2D eigenvalue weighted by Gasteiger charge is -2.23. The minimum Gasteiger partial charge on any atom is -0.323 e. The van der Waals surface area contributed by atoms with Crippen molar-refractivity contribution in [2.45, 2.75) is 0 Å². The summed E-state index contributed by atoms with van der Waals surface area (Å²) in [4.78, 5) is 12.2. The molecule has 23 heavy (non-hydrogen) atoms. The summed E-state index contributed by atoms with van der Waals surface area (Å²) in [6.07, 6.45) is 1.05. The van der Waals surface area contributed by atoms with Crippen molar-refractivity contribution in [1.82, 2.24) is 0 Å². The molecule has 0 bridgehead atoms. The standard InChI is InChI=1S/C15H14BrClN2O3S/c1-23(21,22)19(14-9-5-2-6-11(14)16)10-15(20)18-13-8-4-3-7-12(13)17/h2-9H,10H2,1H3,(H,18,20). The lowest BCUT2D eigenvalue weighted by Crippen LogP contribution is -2.37. The van der Waals surface area contributed by atoms with Crippen LogP contribution >= 0.6 is 27.5 Å². The zero-order valence-electron chi connectivity index (χ0n) is 12.2. The monoisotopic (exact) mass is 416 g/mol. The van der Waals surface area contributed by atoms with E-state index < -0.39 is 15.9 Å². The maximum absolute atomic E-state index is 12.2. The van der Waals surface area contributed by atoms with Crippen LogP contribution < -0.4 is 9.62 Å². The topological polar surface area (TPSA) is 66.5 Å². The predicted molar refractivity (Wildman–Crippen MR) is 96.4 cm³/mol. The van der Waals surface area contributed by atoms with Gasteiger partial charge in [-0.15, -0.1) is 0 Å². The van der Waals surface area contributed by atoms with Crippen LogP contribution in [0.5, 0.6) is 0 Å². The minimum atomic E-state index is -3.63. The van der Waals surface area contributed by atoms with Gasteiger partial charge in [-0.3, -0.25) is 9.10 Å². The molecular weight excluding hydrogens is 404 g/mol. The summed E-state index contributed by atoms with van der Waals surface area (Å²) in [6, 6.07) is 13.5. The van der Waals surface area contributed by atoms with E-state index in [0.29, 0.717) is 20.9 Å². The van der Waals surface area contributed by atoms with Gasteiger partial charge in [-0.2, -0.15) is 0 Å². The molecule has 0 unspecified atom stereocenters. The van der Waals surface area contributed by atoms with E-state index in [1.54, 1.807) is 48.5 Å². The molecule has 1 amide bonds. The number of benzene rings is 2. The molecule has 0 fully saturated rings. The van der Waals surface area contributed by atoms with Gasteiger partial charge in [0.15, 0.2) is 0 Å². The Morgan fingerprint density at radius 2 is 1.78 bits per heavy atom. The molecule has 0 atom stereocenters. The number of sulfonamides is 1. The quantitative estimate of drug-likeness (QED) is 0.809. The highest BCUT2D eigenvalue weighted by Gasteiger charge is 2.22. The average Bonchev–Trinajstić information content (AvgIpc) is 2.47. The number of hydrogen-bond donors (Lipinski definition) is 1. The molecule has 2 aromatic rings. The molecule has 2 rings (SSSR count). The predicted octanol–water partition coefficient (Wildman–Crippen LogP) is 3.51. The Kier molecular flexibility index (Phi) is 5.67. The van der Waals surface area contributed by atoms with Crippen LogP contribution in [-0.2, 0) is 14.8 Å². The smallest absolute Gasteiger partial charge is 0.245 e. The number of nitrogens with one attached hydrogen (secondary N) is 1. The number of anilines is 2. The van der Waals surface area contributed by atoms with Gasteiger partial charge in [-0.1, -0.05) is 35.9 Å². The van der Waals surface area contributed by atoms with Gasteiger partial charge in [-0.25, -0.2) is 8.42 Å². The molecular formula is C15H14BrClN2O3S. The highest BCUT2D eigenvalue weighted by atomic mass is 79.9. The first-order valence-electron chi connectivity index (χ1n) is 6.55. The highest BCUT2D eigenvalue weighted by Crippen LogP contribution is 2.27. The van der Waals surface area contributed by atoms with E-state index in [0.717, 1.165) is 10.6 Å². The first-order valence-corrected chi connectivity index (χ1v) is 9.57. The molecule has 8 heteroatoms. The molecule has 1 N–H and O–H groups in total. The molecule has 0 aliphatic rings. The summed E-state index contributed by atoms with van der Waals surface area (Å²) in [5.41, 5.74) is 0.823. The van der Waals surface area contributed by atoms with Crippen molar-refractivity contribution in [1.29, 1.82) is 0 Å². The number of rotatable bonds is 5. The van der Waals surface area contributed by atoms with Crippen molar-refractivity contribution in [3.63, 3.8) is 0 Å². The highest BCUT2D eigenvalue weighted by molar-refractivity contribution is 9.10. The fourth-order valence-corrected chi connectivity index (χ4v) is 3.59. The van der Waals surface area contributed by atoms with E-state index in [1.165, 1.54) is 0 Å². The van der Waals surface area contributed by atoms with E-state index in [1.807, 2.05) is 0 Å². The number of amides is 1. The number of nitrogens with zero attached hydrogens (tertiary/aromatic N) is 1. The Labute approximate surface area is 148 Å². The third-order valence-corrected chi connectivity index (χ3v) is 5.08. The summed E-state index contributed by atoms with van der Waals surface area (Å²) in [5.74, 6) is -0.487. The van der Waals surface area contributed by atoms with E-state index in [2.05, 4.69) is 21.2 Å². The summed E-state index contributed by atoms with van der Waals surface area (Å²) in [7, 11) is -3.63. The number of carbonyl (C=O) groups excluding carboxylic acids is 1. The largest absolute Gasteiger partial charge is 0.323 e. The second-order valence-electron chi connectivity index (χ2n) is 4.75. The number of carbonyl (C=O) groups is 1. The minimum absolute atomic E-state index is 0.354. The molecule has 2 aromatic carbocycles. The van der Waals surface area contributed by atoms with Crippen molar-refractivity contribution in [3.05, 3.63) is 58.0 Å². The third-order valence-electron chi connectivity index (χ3n) is 2.96. The second kappa shape index (κ2) is 7.33. The average molecular weight is 418 g/mol. The molecule has 5 nitrogen and oxygen atoms in total. The van der Waals surface area contributed by atoms with Gasteiger partial charge < -0.3 is 5.32 Å². The van der Waals surface area contributed by atoms with E-state index in [9.17, 15) is 13.2 Å². The first kappa shape index (κ1) is 17.8. The van der Waals surface area contributed by atoms with Crippen LogP contribution in [0.25, 0.3) is 0 Å². The van der Waals surface area contributed by atoms with Gasteiger partial charge in [0.2, 0.25) is 15.9 Å². The summed E-state index contributed by atoms with van der Waals surface area (Å²) in [6.45, 7) is -0.354. The van der Waals surface area contributed by atoms with Crippen molar-refractivity contribution in [2.75, 3.05) is 22.4 Å². The van der Waals surface area contributed by atoms with Crippen LogP contribution in [0.3, 0.4) is 0 Å². The fraction of sp³-hybridized carbons (Fsp3) is 0.133. The van der Waals surface area contributed by atoms with Gasteiger partial charge in [0.05, 0.1) is 22.7 Å². The Balaban J connectivity index is 2.24. The summed E-state index contributed by atoms with van der Waals surface area (Å²) in [5, 5.41) is 2.99. The number of hydrogen-bond acceptors (Lipinski definition) is 3. The SMILES string of the molecule is CS(=O)(=O)N(CC(=O)Nc1ccccc1Cl)c1ccccc1Br. The van der Waals surface area contributed by atoms with Gasteiger partial charge >= 0.3 is 0 Å². The van der Waals surface area contributed by atoms with Crippen LogP contribution in [0, 0.1) is 0 Å². The van der Waals surface area contributed by atoms with Crippen LogP contribution in [0.15, 0.2) is 53.0 Å². The van der Waals surface area contributed by atoms with Crippen LogP contribution in [-0.4, -0.2) is 27.1 Å². The molecule has 0 aromatic heterocycles. The lowest BCUT2D eigenvalue weighted by atomic mass is 10.3. The fourth-order valence-electron chi connectivity index (χ4n) is 1.92. The van der Waals surface area contributed by atoms with E-state index >= 15 is 0 Å². The lowest BCUT2D eigenvalue weighted by molar-refractivity contribution is -0.114. The third kappa shape index (κ3) is 4.70. The van der Waals surface area contributed by atoms with Crippen molar-refractivity contribution in [2.24, 2.45) is 0 Å². The number of halogens is 2. The van der Waals surface area contributed by atoms with Crippen molar-refractivity contribution >= 4 is 54.8 Å². The molecule has 0 radical (unpaired) electrons. The second-order valence-corrected chi connectivity index (χ2v) is 7.92. The molecule has 0 saturated heterocycles. The Morgan fingerprint density at radius 3 is 2.39 bits per heavy atom. The Bertz CT molecular complexity index is 827. The first-order chi connectivity index (χ1) is 10.8. The van der Waals surface area contributed by atoms with Crippen LogP contribution in [0.4, 0.5) is 11.4 Å². The van der Waals surface area contributed by atoms with Gasteiger partial charge in [0.25, 0.3) is 0 Å². The van der Waals surface area contributed by atoms with Crippen LogP contribution in [0.1, 0.15) is 0 Å². The molecule has 122 valence electrons. The zero-order valence-corrected chi connectivity index (χ0v) is 15.3. The van der Waals surface area contributed by atoms with Gasteiger partial charge in [-0.05, 0) is 40.2 Å². The van der Waals surface area contributed by atoms with Crippen LogP contribution in [0.2, 0.25) is 5.02 Å². The van der Waals surface area contributed by atoms with Crippen molar-refractivity contribution in [3.8, 4) is 0 Å². The van der Waals surface area contributed by atoms with E-state index in [4.69, 9.17) is 11.6 Å². The molecule has 0 aliphatic carbocycles. The zero-order chi connectivity index (χ0) is 17.0. The summed E-state index contributed by atoms with van der Waals surface area (Å²) >= 11 is 9.28. The Hall–Kier alpha value is -1.57. The molecule has 0 heterocycles. The molecule has 0 aliphatic heterocycles. The summed E-state index contributed by atoms with van der Waals surface area (Å²) < 4.78 is 25.7. The van der Waals surface area contributed by atoms with Crippen molar-refractivity contribution < 1.29 is 13.2 Å². The maximum atomic E-state index is 12.2. The molecule has 0 saturated carbocycles. The van der Waals surface area contributed by atoms with E-state index in [-0.39, 0.29) is 6.54 Å². The normalized spacial score (nSPS) is 11.1. The maximum Gasteiger partial charge on any atom is 0.245 e. The number of para-hydroxylation sites is 2. The Morgan fingerprint density at radius 1 is 1.17 bits per heavy atom.